The molecule has 0 aliphatic heterocycles. The molecule has 0 saturated heterocycles. The molecule has 0 fully saturated rings. The summed E-state index contributed by atoms with van der Waals surface area (Å²) in [5, 5.41) is 3.26. The Morgan fingerprint density at radius 3 is 2.43 bits per heavy atom. The van der Waals surface area contributed by atoms with Crippen molar-refractivity contribution in [3.05, 3.63) is 0 Å². The Kier molecular flexibility index (Phi) is 10.7. The van der Waals surface area contributed by atoms with E-state index in [9.17, 15) is 4.79 Å². The van der Waals surface area contributed by atoms with Crippen LogP contribution >= 0.6 is 0 Å². The number of rotatable bonds is 13. The summed E-state index contributed by atoms with van der Waals surface area (Å²) in [7, 11) is 0. The first kappa shape index (κ1) is 20.4. The van der Waals surface area contributed by atoms with Crippen LogP contribution in [-0.4, -0.2) is 30.7 Å². The molecule has 0 saturated carbocycles. The zero-order valence-corrected chi connectivity index (χ0v) is 14.7. The van der Waals surface area contributed by atoms with Gasteiger partial charge in [0.2, 0.25) is 5.91 Å². The average molecular weight is 300 g/mol. The molecule has 3 atom stereocenters. The first-order chi connectivity index (χ1) is 9.89. The van der Waals surface area contributed by atoms with Crippen LogP contribution in [0.25, 0.3) is 0 Å². The van der Waals surface area contributed by atoms with Crippen molar-refractivity contribution in [2.24, 2.45) is 11.7 Å². The van der Waals surface area contributed by atoms with Gasteiger partial charge >= 0.3 is 0 Å². The summed E-state index contributed by atoms with van der Waals surface area (Å²) in [5.74, 6) is 0.320. The number of primary amides is 1. The molecule has 4 nitrogen and oxygen atoms in total. The SMILES string of the molecule is CCCCC(CC)COC(C)CC(C)(NCCC)C(N)=O. The van der Waals surface area contributed by atoms with Gasteiger partial charge in [0.25, 0.3) is 0 Å². The van der Waals surface area contributed by atoms with Gasteiger partial charge in [-0.1, -0.05) is 40.0 Å². The molecule has 0 aromatic carbocycles. The lowest BCUT2D eigenvalue weighted by atomic mass is 9.93. The molecular formula is C17H36N2O2. The van der Waals surface area contributed by atoms with Crippen molar-refractivity contribution < 1.29 is 9.53 Å². The predicted octanol–water partition coefficient (Wildman–Crippen LogP) is 3.24. The molecule has 0 aliphatic rings. The fourth-order valence-corrected chi connectivity index (χ4v) is 2.49. The zero-order valence-electron chi connectivity index (χ0n) is 14.7. The summed E-state index contributed by atoms with van der Waals surface area (Å²) in [6.45, 7) is 12.0. The maximum Gasteiger partial charge on any atom is 0.237 e. The van der Waals surface area contributed by atoms with E-state index >= 15 is 0 Å². The summed E-state index contributed by atoms with van der Waals surface area (Å²) >= 11 is 0. The molecule has 3 unspecified atom stereocenters. The van der Waals surface area contributed by atoms with Crippen LogP contribution in [0.15, 0.2) is 0 Å². The minimum absolute atomic E-state index is 0.0301. The van der Waals surface area contributed by atoms with Crippen LogP contribution < -0.4 is 11.1 Å². The van der Waals surface area contributed by atoms with Crippen LogP contribution in [0, 0.1) is 5.92 Å². The normalized spacial score (nSPS) is 17.2. The Hall–Kier alpha value is -0.610. The third kappa shape index (κ3) is 8.42. The first-order valence-corrected chi connectivity index (χ1v) is 8.56. The molecule has 126 valence electrons. The Bertz CT molecular complexity index is 284. The van der Waals surface area contributed by atoms with Crippen molar-refractivity contribution in [3.63, 3.8) is 0 Å². The minimum atomic E-state index is -0.680. The van der Waals surface area contributed by atoms with Crippen molar-refractivity contribution in [1.29, 1.82) is 0 Å². The maximum atomic E-state index is 11.7. The van der Waals surface area contributed by atoms with E-state index in [0.717, 1.165) is 26.0 Å². The molecule has 21 heavy (non-hydrogen) atoms. The van der Waals surface area contributed by atoms with E-state index in [1.807, 2.05) is 13.8 Å². The fourth-order valence-electron chi connectivity index (χ4n) is 2.49. The molecule has 0 spiro atoms. The number of amides is 1. The summed E-state index contributed by atoms with van der Waals surface area (Å²) in [6.07, 6.45) is 6.48. The van der Waals surface area contributed by atoms with Gasteiger partial charge in [-0.2, -0.15) is 0 Å². The Labute approximate surface area is 131 Å². The van der Waals surface area contributed by atoms with E-state index in [2.05, 4.69) is 26.1 Å². The number of nitrogens with one attached hydrogen (secondary N) is 1. The van der Waals surface area contributed by atoms with Gasteiger partial charge in [-0.25, -0.2) is 0 Å². The van der Waals surface area contributed by atoms with Gasteiger partial charge in [0.15, 0.2) is 0 Å². The second-order valence-corrected chi connectivity index (χ2v) is 6.39. The largest absolute Gasteiger partial charge is 0.378 e. The van der Waals surface area contributed by atoms with E-state index in [1.54, 1.807) is 0 Å². The predicted molar refractivity (Wildman–Crippen MR) is 89.2 cm³/mol. The Balaban J connectivity index is 4.30. The zero-order chi connectivity index (χ0) is 16.3. The fraction of sp³-hybridized carbons (Fsp3) is 0.941. The lowest BCUT2D eigenvalue weighted by Crippen LogP contribution is -2.55. The van der Waals surface area contributed by atoms with E-state index in [4.69, 9.17) is 10.5 Å². The van der Waals surface area contributed by atoms with E-state index < -0.39 is 5.54 Å². The summed E-state index contributed by atoms with van der Waals surface area (Å²) in [5.41, 5.74) is 4.87. The van der Waals surface area contributed by atoms with Gasteiger partial charge in [0.1, 0.15) is 0 Å². The third-order valence-corrected chi connectivity index (χ3v) is 4.16. The number of hydrogen-bond donors (Lipinski definition) is 2. The number of ether oxygens (including phenoxy) is 1. The van der Waals surface area contributed by atoms with Crippen LogP contribution in [0.4, 0.5) is 0 Å². The van der Waals surface area contributed by atoms with Crippen LogP contribution in [0.1, 0.15) is 73.1 Å². The van der Waals surface area contributed by atoms with Gasteiger partial charge in [0.05, 0.1) is 11.6 Å². The van der Waals surface area contributed by atoms with Crippen LogP contribution in [-0.2, 0) is 9.53 Å². The second kappa shape index (κ2) is 11.0. The second-order valence-electron chi connectivity index (χ2n) is 6.39. The van der Waals surface area contributed by atoms with Crippen molar-refractivity contribution in [2.75, 3.05) is 13.2 Å². The highest BCUT2D eigenvalue weighted by molar-refractivity contribution is 5.84. The summed E-state index contributed by atoms with van der Waals surface area (Å²) in [4.78, 5) is 11.7. The monoisotopic (exact) mass is 300 g/mol. The van der Waals surface area contributed by atoms with Gasteiger partial charge in [-0.05, 0) is 39.2 Å². The number of carbonyl (C=O) groups is 1. The van der Waals surface area contributed by atoms with Gasteiger partial charge in [-0.3, -0.25) is 4.79 Å². The number of carbonyl (C=O) groups excluding carboxylic acids is 1. The molecule has 0 aliphatic carbocycles. The van der Waals surface area contributed by atoms with Crippen molar-refractivity contribution in [3.8, 4) is 0 Å². The molecule has 3 N–H and O–H groups in total. The van der Waals surface area contributed by atoms with Gasteiger partial charge < -0.3 is 15.8 Å². The molecule has 0 heterocycles. The highest BCUT2D eigenvalue weighted by atomic mass is 16.5. The molecular weight excluding hydrogens is 264 g/mol. The van der Waals surface area contributed by atoms with Crippen molar-refractivity contribution in [2.45, 2.75) is 84.8 Å². The maximum absolute atomic E-state index is 11.7. The molecule has 0 bridgehead atoms. The number of unbranched alkanes of at least 4 members (excludes halogenated alkanes) is 1. The van der Waals surface area contributed by atoms with Crippen molar-refractivity contribution in [1.82, 2.24) is 5.32 Å². The Morgan fingerprint density at radius 2 is 1.95 bits per heavy atom. The Morgan fingerprint density at radius 1 is 1.29 bits per heavy atom. The van der Waals surface area contributed by atoms with Gasteiger partial charge in [-0.15, -0.1) is 0 Å². The van der Waals surface area contributed by atoms with E-state index in [-0.39, 0.29) is 12.0 Å². The molecule has 0 radical (unpaired) electrons. The summed E-state index contributed by atoms with van der Waals surface area (Å²) < 4.78 is 5.97. The topological polar surface area (TPSA) is 64.3 Å². The first-order valence-electron chi connectivity index (χ1n) is 8.56. The standard InChI is InChI=1S/C17H36N2O2/c1-6-9-10-15(8-3)13-21-14(4)12-17(5,16(18)20)19-11-7-2/h14-15,19H,6-13H2,1-5H3,(H2,18,20). The van der Waals surface area contributed by atoms with E-state index in [0.29, 0.717) is 12.3 Å². The molecule has 0 aromatic heterocycles. The molecule has 1 amide bonds. The lowest BCUT2D eigenvalue weighted by molar-refractivity contribution is -0.125. The van der Waals surface area contributed by atoms with Crippen LogP contribution in [0.3, 0.4) is 0 Å². The third-order valence-electron chi connectivity index (χ3n) is 4.16. The van der Waals surface area contributed by atoms with Crippen molar-refractivity contribution >= 4 is 5.91 Å². The smallest absolute Gasteiger partial charge is 0.237 e. The minimum Gasteiger partial charge on any atom is -0.378 e. The average Bonchev–Trinajstić information content (AvgIpc) is 2.45. The number of nitrogens with two attached hydrogens (primary N) is 1. The van der Waals surface area contributed by atoms with Crippen LogP contribution in [0.2, 0.25) is 0 Å². The van der Waals surface area contributed by atoms with E-state index in [1.165, 1.54) is 19.3 Å². The lowest BCUT2D eigenvalue weighted by Gasteiger charge is -2.31. The quantitative estimate of drug-likeness (QED) is 0.549. The van der Waals surface area contributed by atoms with Crippen LogP contribution in [0.5, 0.6) is 0 Å². The highest BCUT2D eigenvalue weighted by Crippen LogP contribution is 2.18. The molecule has 0 aromatic rings. The summed E-state index contributed by atoms with van der Waals surface area (Å²) in [6, 6.07) is 0. The molecule has 0 rings (SSSR count). The number of hydrogen-bond acceptors (Lipinski definition) is 3. The van der Waals surface area contributed by atoms with Gasteiger partial charge in [0, 0.05) is 13.0 Å². The highest BCUT2D eigenvalue weighted by Gasteiger charge is 2.32. The molecule has 4 heteroatoms.